The first-order valence-corrected chi connectivity index (χ1v) is 5.91. The highest BCUT2D eigenvalue weighted by atomic mass is 32.2. The SMILES string of the molecule is CC(C)(C)SCCNCC1CC1. The van der Waals surface area contributed by atoms with Crippen molar-refractivity contribution in [1.82, 2.24) is 5.32 Å². The Morgan fingerprint density at radius 2 is 2.00 bits per heavy atom. The number of hydrogen-bond donors (Lipinski definition) is 1. The molecule has 0 radical (unpaired) electrons. The Bertz CT molecular complexity index is 124. The second-order valence-corrected chi connectivity index (χ2v) is 6.53. The molecular weight excluding hydrogens is 166 g/mol. The molecule has 0 aromatic rings. The zero-order valence-electron chi connectivity index (χ0n) is 8.52. The molecule has 1 rings (SSSR count). The molecule has 0 saturated heterocycles. The molecule has 0 spiro atoms. The zero-order chi connectivity index (χ0) is 9.03. The van der Waals surface area contributed by atoms with Gasteiger partial charge in [0.25, 0.3) is 0 Å². The van der Waals surface area contributed by atoms with Gasteiger partial charge in [-0.15, -0.1) is 0 Å². The van der Waals surface area contributed by atoms with Crippen molar-refractivity contribution in [1.29, 1.82) is 0 Å². The van der Waals surface area contributed by atoms with Crippen molar-refractivity contribution in [2.45, 2.75) is 38.4 Å². The number of nitrogens with one attached hydrogen (secondary N) is 1. The highest BCUT2D eigenvalue weighted by molar-refractivity contribution is 8.00. The van der Waals surface area contributed by atoms with Crippen molar-refractivity contribution in [3.8, 4) is 0 Å². The quantitative estimate of drug-likeness (QED) is 0.664. The first-order chi connectivity index (χ1) is 5.58. The van der Waals surface area contributed by atoms with Crippen LogP contribution in [0, 0.1) is 5.92 Å². The van der Waals surface area contributed by atoms with Gasteiger partial charge < -0.3 is 5.32 Å². The topological polar surface area (TPSA) is 12.0 Å². The average Bonchev–Trinajstić information content (AvgIpc) is 2.68. The van der Waals surface area contributed by atoms with E-state index in [0.717, 1.165) is 5.92 Å². The third-order valence-corrected chi connectivity index (χ3v) is 3.22. The monoisotopic (exact) mass is 187 g/mol. The van der Waals surface area contributed by atoms with Gasteiger partial charge in [-0.25, -0.2) is 0 Å². The first kappa shape index (κ1) is 10.4. The Balaban J connectivity index is 1.82. The Morgan fingerprint density at radius 3 is 2.50 bits per heavy atom. The molecule has 1 N–H and O–H groups in total. The summed E-state index contributed by atoms with van der Waals surface area (Å²) in [4.78, 5) is 0. The van der Waals surface area contributed by atoms with E-state index in [2.05, 4.69) is 26.1 Å². The minimum Gasteiger partial charge on any atom is -0.316 e. The summed E-state index contributed by atoms with van der Waals surface area (Å²) in [5.41, 5.74) is 0. The van der Waals surface area contributed by atoms with Crippen LogP contribution in [0.4, 0.5) is 0 Å². The first-order valence-electron chi connectivity index (χ1n) is 4.92. The largest absolute Gasteiger partial charge is 0.316 e. The molecule has 1 fully saturated rings. The van der Waals surface area contributed by atoms with E-state index in [0.29, 0.717) is 4.75 Å². The molecule has 1 saturated carbocycles. The molecule has 1 aliphatic carbocycles. The summed E-state index contributed by atoms with van der Waals surface area (Å²) in [5, 5.41) is 3.50. The summed E-state index contributed by atoms with van der Waals surface area (Å²) >= 11 is 2.04. The van der Waals surface area contributed by atoms with Crippen LogP contribution < -0.4 is 5.32 Å². The van der Waals surface area contributed by atoms with Crippen molar-refractivity contribution >= 4 is 11.8 Å². The molecule has 1 nitrogen and oxygen atoms in total. The van der Waals surface area contributed by atoms with Gasteiger partial charge in [0.05, 0.1) is 0 Å². The smallest absolute Gasteiger partial charge is 0.00755 e. The van der Waals surface area contributed by atoms with Crippen LogP contribution in [0.2, 0.25) is 0 Å². The molecule has 0 bridgehead atoms. The fourth-order valence-corrected chi connectivity index (χ4v) is 1.92. The van der Waals surface area contributed by atoms with Crippen LogP contribution in [0.25, 0.3) is 0 Å². The fourth-order valence-electron chi connectivity index (χ4n) is 1.06. The third kappa shape index (κ3) is 5.90. The van der Waals surface area contributed by atoms with E-state index in [1.807, 2.05) is 11.8 Å². The standard InChI is InChI=1S/C10H21NS/c1-10(2,3)12-7-6-11-8-9-4-5-9/h9,11H,4-8H2,1-3H3. The zero-order valence-corrected chi connectivity index (χ0v) is 9.34. The van der Waals surface area contributed by atoms with Crippen LogP contribution >= 0.6 is 11.8 Å². The lowest BCUT2D eigenvalue weighted by Crippen LogP contribution is -2.21. The van der Waals surface area contributed by atoms with E-state index >= 15 is 0 Å². The van der Waals surface area contributed by atoms with Gasteiger partial charge in [0.2, 0.25) is 0 Å². The maximum Gasteiger partial charge on any atom is 0.00755 e. The number of rotatable bonds is 5. The molecule has 72 valence electrons. The van der Waals surface area contributed by atoms with Crippen LogP contribution in [0.15, 0.2) is 0 Å². The van der Waals surface area contributed by atoms with Crippen molar-refractivity contribution in [3.05, 3.63) is 0 Å². The lowest BCUT2D eigenvalue weighted by molar-refractivity contribution is 0.664. The van der Waals surface area contributed by atoms with E-state index < -0.39 is 0 Å². The summed E-state index contributed by atoms with van der Waals surface area (Å²) in [5.74, 6) is 2.26. The summed E-state index contributed by atoms with van der Waals surface area (Å²) in [6.45, 7) is 9.26. The van der Waals surface area contributed by atoms with Gasteiger partial charge in [0.1, 0.15) is 0 Å². The molecule has 0 unspecified atom stereocenters. The lowest BCUT2D eigenvalue weighted by atomic mass is 10.3. The molecule has 0 atom stereocenters. The second-order valence-electron chi connectivity index (χ2n) is 4.61. The van der Waals surface area contributed by atoms with Gasteiger partial charge in [-0.1, -0.05) is 20.8 Å². The van der Waals surface area contributed by atoms with Gasteiger partial charge in [0.15, 0.2) is 0 Å². The van der Waals surface area contributed by atoms with E-state index in [4.69, 9.17) is 0 Å². The molecule has 0 amide bonds. The minimum atomic E-state index is 0.432. The highest BCUT2D eigenvalue weighted by Crippen LogP contribution is 2.27. The highest BCUT2D eigenvalue weighted by Gasteiger charge is 2.20. The van der Waals surface area contributed by atoms with Crippen LogP contribution in [0.1, 0.15) is 33.6 Å². The van der Waals surface area contributed by atoms with Crippen LogP contribution in [-0.2, 0) is 0 Å². The van der Waals surface area contributed by atoms with Gasteiger partial charge in [-0.2, -0.15) is 11.8 Å². The fraction of sp³-hybridized carbons (Fsp3) is 1.00. The predicted molar refractivity (Wildman–Crippen MR) is 57.8 cm³/mol. The molecule has 2 heteroatoms. The van der Waals surface area contributed by atoms with Gasteiger partial charge >= 0.3 is 0 Å². The maximum atomic E-state index is 3.50. The van der Waals surface area contributed by atoms with Crippen molar-refractivity contribution in [3.63, 3.8) is 0 Å². The summed E-state index contributed by atoms with van der Waals surface area (Å²) in [7, 11) is 0. The summed E-state index contributed by atoms with van der Waals surface area (Å²) < 4.78 is 0.432. The number of thioether (sulfide) groups is 1. The number of hydrogen-bond acceptors (Lipinski definition) is 2. The normalized spacial score (nSPS) is 18.2. The van der Waals surface area contributed by atoms with Crippen molar-refractivity contribution in [2.24, 2.45) is 5.92 Å². The summed E-state index contributed by atoms with van der Waals surface area (Å²) in [6, 6.07) is 0. The van der Waals surface area contributed by atoms with Crippen molar-refractivity contribution < 1.29 is 0 Å². The van der Waals surface area contributed by atoms with Crippen LogP contribution in [-0.4, -0.2) is 23.6 Å². The van der Waals surface area contributed by atoms with Gasteiger partial charge in [-0.05, 0) is 25.3 Å². The molecular formula is C10H21NS. The van der Waals surface area contributed by atoms with E-state index in [9.17, 15) is 0 Å². The Hall–Kier alpha value is 0.310. The predicted octanol–water partition coefficient (Wildman–Crippen LogP) is 2.52. The van der Waals surface area contributed by atoms with Crippen LogP contribution in [0.5, 0.6) is 0 Å². The minimum absolute atomic E-state index is 0.432. The third-order valence-electron chi connectivity index (χ3n) is 1.94. The second kappa shape index (κ2) is 4.52. The van der Waals surface area contributed by atoms with Crippen LogP contribution in [0.3, 0.4) is 0 Å². The van der Waals surface area contributed by atoms with Gasteiger partial charge in [-0.3, -0.25) is 0 Å². The van der Waals surface area contributed by atoms with E-state index in [1.54, 1.807) is 0 Å². The molecule has 12 heavy (non-hydrogen) atoms. The van der Waals surface area contributed by atoms with Gasteiger partial charge in [0, 0.05) is 17.0 Å². The Labute approximate surface area is 80.7 Å². The lowest BCUT2D eigenvalue weighted by Gasteiger charge is -2.17. The molecule has 0 aromatic heterocycles. The van der Waals surface area contributed by atoms with Crippen molar-refractivity contribution in [2.75, 3.05) is 18.8 Å². The van der Waals surface area contributed by atoms with E-state index in [-0.39, 0.29) is 0 Å². The Kier molecular flexibility index (Phi) is 3.91. The Morgan fingerprint density at radius 1 is 1.33 bits per heavy atom. The van der Waals surface area contributed by atoms with E-state index in [1.165, 1.54) is 31.7 Å². The maximum absolute atomic E-state index is 3.50. The summed E-state index contributed by atoms with van der Waals surface area (Å²) in [6.07, 6.45) is 2.92. The molecule has 0 heterocycles. The molecule has 1 aliphatic rings. The molecule has 0 aliphatic heterocycles. The molecule has 0 aromatic carbocycles. The average molecular weight is 187 g/mol.